The van der Waals surface area contributed by atoms with Crippen molar-refractivity contribution in [3.8, 4) is 0 Å². The maximum atomic E-state index is 13.3. The van der Waals surface area contributed by atoms with Crippen molar-refractivity contribution < 1.29 is 32.7 Å². The van der Waals surface area contributed by atoms with Gasteiger partial charge in [0.15, 0.2) is 5.41 Å². The average Bonchev–Trinajstić information content (AvgIpc) is 3.52. The lowest BCUT2D eigenvalue weighted by molar-refractivity contribution is -0.188. The number of benzene rings is 1. The molecule has 2 atom stereocenters. The van der Waals surface area contributed by atoms with E-state index in [2.05, 4.69) is 0 Å². The molecule has 0 saturated carbocycles. The van der Waals surface area contributed by atoms with Crippen molar-refractivity contribution in [1.82, 2.24) is 0 Å². The van der Waals surface area contributed by atoms with Crippen LogP contribution in [0.5, 0.6) is 0 Å². The number of nitrogens with zero attached hydrogens (tertiary/aromatic N) is 1. The van der Waals surface area contributed by atoms with Gasteiger partial charge in [0, 0.05) is 6.42 Å². The van der Waals surface area contributed by atoms with Crippen molar-refractivity contribution >= 4 is 17.6 Å². The third-order valence-electron chi connectivity index (χ3n) is 5.51. The lowest BCUT2D eigenvalue weighted by Crippen LogP contribution is -2.56. The maximum absolute atomic E-state index is 13.3. The van der Waals surface area contributed by atoms with Crippen LogP contribution in [0.15, 0.2) is 69.9 Å². The SMILES string of the molecule is COC(=O)C1(C(=O)OC)C[C@H](c2ccco2)ON(c2ccc(C)cc2)[C@@H]1c1ccco1. The van der Waals surface area contributed by atoms with Crippen LogP contribution < -0.4 is 5.06 Å². The fraction of sp³-hybridized carbons (Fsp3) is 0.304. The highest BCUT2D eigenvalue weighted by Gasteiger charge is 2.63. The summed E-state index contributed by atoms with van der Waals surface area (Å²) >= 11 is 0. The molecule has 0 radical (unpaired) electrons. The number of hydrogen-bond acceptors (Lipinski definition) is 8. The van der Waals surface area contributed by atoms with Gasteiger partial charge in [-0.25, -0.2) is 5.06 Å². The van der Waals surface area contributed by atoms with Crippen molar-refractivity contribution in [2.45, 2.75) is 25.5 Å². The molecule has 1 saturated heterocycles. The molecule has 2 aromatic heterocycles. The highest BCUT2D eigenvalue weighted by molar-refractivity contribution is 6.01. The van der Waals surface area contributed by atoms with Crippen molar-refractivity contribution in [1.29, 1.82) is 0 Å². The molecule has 0 spiro atoms. The van der Waals surface area contributed by atoms with Gasteiger partial charge in [-0.3, -0.25) is 14.4 Å². The normalized spacial score (nSPS) is 20.3. The minimum absolute atomic E-state index is 0.0619. The summed E-state index contributed by atoms with van der Waals surface area (Å²) in [5.41, 5.74) is -0.104. The number of hydroxylamine groups is 1. The Labute approximate surface area is 179 Å². The summed E-state index contributed by atoms with van der Waals surface area (Å²) in [6.07, 6.45) is 2.17. The summed E-state index contributed by atoms with van der Waals surface area (Å²) in [6, 6.07) is 13.3. The van der Waals surface area contributed by atoms with Gasteiger partial charge in [0.25, 0.3) is 0 Å². The lowest BCUT2D eigenvalue weighted by atomic mass is 9.72. The zero-order valence-electron chi connectivity index (χ0n) is 17.4. The van der Waals surface area contributed by atoms with Crippen LogP contribution in [0.4, 0.5) is 5.69 Å². The number of furan rings is 2. The number of hydrogen-bond donors (Lipinski definition) is 0. The van der Waals surface area contributed by atoms with E-state index >= 15 is 0 Å². The second-order valence-corrected chi connectivity index (χ2v) is 7.35. The third kappa shape index (κ3) is 3.48. The van der Waals surface area contributed by atoms with Gasteiger partial charge >= 0.3 is 11.9 Å². The molecule has 0 aliphatic carbocycles. The summed E-state index contributed by atoms with van der Waals surface area (Å²) in [7, 11) is 2.47. The van der Waals surface area contributed by atoms with Gasteiger partial charge in [-0.2, -0.15) is 0 Å². The number of esters is 2. The second-order valence-electron chi connectivity index (χ2n) is 7.35. The van der Waals surface area contributed by atoms with Gasteiger partial charge in [-0.1, -0.05) is 17.7 Å². The molecule has 0 unspecified atom stereocenters. The highest BCUT2D eigenvalue weighted by Crippen LogP contribution is 2.53. The molecule has 31 heavy (non-hydrogen) atoms. The van der Waals surface area contributed by atoms with Crippen LogP contribution in [0.1, 0.15) is 35.7 Å². The number of methoxy groups -OCH3 is 2. The van der Waals surface area contributed by atoms with E-state index in [0.29, 0.717) is 17.2 Å². The predicted octanol–water partition coefficient (Wildman–Crippen LogP) is 4.14. The summed E-state index contributed by atoms with van der Waals surface area (Å²) in [5, 5.41) is 1.50. The monoisotopic (exact) mass is 425 g/mol. The van der Waals surface area contributed by atoms with E-state index in [1.807, 2.05) is 31.2 Å². The maximum Gasteiger partial charge on any atom is 0.326 e. The van der Waals surface area contributed by atoms with Crippen LogP contribution in [0, 0.1) is 12.3 Å². The zero-order valence-corrected chi connectivity index (χ0v) is 17.4. The molecule has 1 aliphatic heterocycles. The van der Waals surface area contributed by atoms with Gasteiger partial charge in [0.2, 0.25) is 0 Å². The van der Waals surface area contributed by atoms with Crippen LogP contribution >= 0.6 is 0 Å². The van der Waals surface area contributed by atoms with E-state index in [4.69, 9.17) is 23.1 Å². The van der Waals surface area contributed by atoms with Crippen LogP contribution in [0.2, 0.25) is 0 Å². The molecule has 3 aromatic rings. The van der Waals surface area contributed by atoms with Crippen molar-refractivity contribution in [3.63, 3.8) is 0 Å². The van der Waals surface area contributed by atoms with Crippen molar-refractivity contribution in [2.75, 3.05) is 19.3 Å². The summed E-state index contributed by atoms with van der Waals surface area (Å²) in [5.74, 6) is -0.683. The zero-order chi connectivity index (χ0) is 22.0. The molecule has 0 amide bonds. The van der Waals surface area contributed by atoms with E-state index in [-0.39, 0.29) is 6.42 Å². The van der Waals surface area contributed by atoms with Crippen LogP contribution in [-0.4, -0.2) is 26.2 Å². The number of ether oxygens (including phenoxy) is 2. The number of aryl methyl sites for hydroxylation is 1. The smallest absolute Gasteiger partial charge is 0.326 e. The van der Waals surface area contributed by atoms with Crippen molar-refractivity contribution in [2.24, 2.45) is 5.41 Å². The molecule has 8 heteroatoms. The molecule has 8 nitrogen and oxygen atoms in total. The topological polar surface area (TPSA) is 91.4 Å². The number of anilines is 1. The molecule has 3 heterocycles. The Morgan fingerprint density at radius 2 is 1.52 bits per heavy atom. The molecule has 1 aromatic carbocycles. The summed E-state index contributed by atoms with van der Waals surface area (Å²) < 4.78 is 21.4. The van der Waals surface area contributed by atoms with Gasteiger partial charge in [-0.15, -0.1) is 0 Å². The minimum Gasteiger partial charge on any atom is -0.468 e. The Morgan fingerprint density at radius 3 is 2.03 bits per heavy atom. The summed E-state index contributed by atoms with van der Waals surface area (Å²) in [4.78, 5) is 32.8. The fourth-order valence-corrected chi connectivity index (χ4v) is 4.01. The minimum atomic E-state index is -1.78. The Bertz CT molecular complexity index is 1010. The average molecular weight is 425 g/mol. The van der Waals surface area contributed by atoms with Gasteiger partial charge in [-0.05, 0) is 43.3 Å². The molecule has 162 valence electrons. The molecule has 4 rings (SSSR count). The first-order valence-corrected chi connectivity index (χ1v) is 9.77. The first-order valence-electron chi connectivity index (χ1n) is 9.77. The molecule has 1 fully saturated rings. The standard InChI is InChI=1S/C23H23NO7/c1-15-8-10-16(11-9-15)24-20(18-7-5-13-30-18)23(21(25)27-2,22(26)28-3)14-19(31-24)17-6-4-12-29-17/h4-13,19-20H,14H2,1-3H3/t19-,20-/m1/s1. The van der Waals surface area contributed by atoms with E-state index in [9.17, 15) is 9.59 Å². The Morgan fingerprint density at radius 1 is 0.935 bits per heavy atom. The van der Waals surface area contributed by atoms with Crippen LogP contribution in [0.3, 0.4) is 0 Å². The first kappa shape index (κ1) is 20.7. The number of carbonyl (C=O) groups excluding carboxylic acids is 2. The summed E-state index contributed by atoms with van der Waals surface area (Å²) in [6.45, 7) is 1.96. The van der Waals surface area contributed by atoms with E-state index < -0.39 is 29.5 Å². The van der Waals surface area contributed by atoms with E-state index in [0.717, 1.165) is 5.56 Å². The molecular weight excluding hydrogens is 402 g/mol. The van der Waals surface area contributed by atoms with Crippen LogP contribution in [0.25, 0.3) is 0 Å². The van der Waals surface area contributed by atoms with E-state index in [1.54, 1.807) is 24.3 Å². The lowest BCUT2D eigenvalue weighted by Gasteiger charge is -2.47. The predicted molar refractivity (Wildman–Crippen MR) is 109 cm³/mol. The largest absolute Gasteiger partial charge is 0.468 e. The van der Waals surface area contributed by atoms with E-state index in [1.165, 1.54) is 31.8 Å². The second kappa shape index (κ2) is 8.31. The van der Waals surface area contributed by atoms with Crippen molar-refractivity contribution in [3.05, 3.63) is 78.1 Å². The van der Waals surface area contributed by atoms with Gasteiger partial charge < -0.3 is 18.3 Å². The number of carbonyl (C=O) groups is 2. The first-order chi connectivity index (χ1) is 15.0. The molecule has 1 aliphatic rings. The quantitative estimate of drug-likeness (QED) is 0.445. The Hall–Kier alpha value is -3.52. The fourth-order valence-electron chi connectivity index (χ4n) is 4.01. The Kier molecular flexibility index (Phi) is 5.56. The Balaban J connectivity index is 1.95. The highest BCUT2D eigenvalue weighted by atomic mass is 16.7. The molecule has 0 N–H and O–H groups in total. The molecule has 0 bridgehead atoms. The van der Waals surface area contributed by atoms with Crippen LogP contribution in [-0.2, 0) is 23.9 Å². The number of rotatable bonds is 5. The molecular formula is C23H23NO7. The van der Waals surface area contributed by atoms with Gasteiger partial charge in [0.1, 0.15) is 23.7 Å². The third-order valence-corrected chi connectivity index (χ3v) is 5.51. The van der Waals surface area contributed by atoms with Gasteiger partial charge in [0.05, 0.1) is 32.4 Å².